The minimum absolute atomic E-state index is 0.0896. The third-order valence-electron chi connectivity index (χ3n) is 3.57. The molecular weight excluding hydrogens is 319 g/mol. The largest absolute Gasteiger partial charge is 0.477 e. The maximum Gasteiger partial charge on any atom is 0.423 e. The average molecular weight is 339 g/mol. The molecule has 0 radical (unpaired) electrons. The Balaban J connectivity index is 2.35. The summed E-state index contributed by atoms with van der Waals surface area (Å²) in [6, 6.07) is 7.72. The van der Waals surface area contributed by atoms with Crippen LogP contribution in [0.3, 0.4) is 0 Å². The monoisotopic (exact) mass is 339 g/mol. The molecule has 2 rings (SSSR count). The predicted octanol–water partition coefficient (Wildman–Crippen LogP) is 4.79. The van der Waals surface area contributed by atoms with Crippen molar-refractivity contribution in [3.8, 4) is 5.88 Å². The molecule has 24 heavy (non-hydrogen) atoms. The summed E-state index contributed by atoms with van der Waals surface area (Å²) in [7, 11) is 1.70. The predicted molar refractivity (Wildman–Crippen MR) is 86.8 cm³/mol. The highest BCUT2D eigenvalue weighted by Crippen LogP contribution is 2.36. The normalized spacial score (nSPS) is 11.7. The molecule has 0 bridgehead atoms. The van der Waals surface area contributed by atoms with Gasteiger partial charge in [0.25, 0.3) is 0 Å². The number of benzene rings is 1. The van der Waals surface area contributed by atoms with Gasteiger partial charge in [-0.3, -0.25) is 0 Å². The lowest BCUT2D eigenvalue weighted by Crippen LogP contribution is -2.17. The van der Waals surface area contributed by atoms with Crippen molar-refractivity contribution in [3.05, 3.63) is 41.6 Å². The summed E-state index contributed by atoms with van der Waals surface area (Å²) in [5, 5.41) is 0. The van der Waals surface area contributed by atoms with Crippen molar-refractivity contribution in [1.29, 1.82) is 0 Å². The van der Waals surface area contributed by atoms with Gasteiger partial charge in [0, 0.05) is 18.9 Å². The smallest absolute Gasteiger partial charge is 0.423 e. The Labute approximate surface area is 139 Å². The molecule has 4 nitrogen and oxygen atoms in total. The highest BCUT2D eigenvalue weighted by Gasteiger charge is 2.36. The van der Waals surface area contributed by atoms with Gasteiger partial charge in [-0.05, 0) is 30.5 Å². The fourth-order valence-corrected chi connectivity index (χ4v) is 2.16. The number of anilines is 2. The Morgan fingerprint density at radius 2 is 1.79 bits per heavy atom. The van der Waals surface area contributed by atoms with E-state index in [1.54, 1.807) is 18.9 Å². The molecule has 0 amide bonds. The number of hydrogen-bond donors (Lipinski definition) is 0. The molecular formula is C17H20F3N3O. The molecule has 2 aromatic rings. The molecule has 130 valence electrons. The van der Waals surface area contributed by atoms with Crippen LogP contribution in [0.15, 0.2) is 30.5 Å². The Morgan fingerprint density at radius 3 is 2.29 bits per heavy atom. The molecule has 1 aromatic heterocycles. The van der Waals surface area contributed by atoms with Gasteiger partial charge in [0.1, 0.15) is 5.56 Å². The van der Waals surface area contributed by atoms with E-state index in [0.717, 1.165) is 11.9 Å². The highest BCUT2D eigenvalue weighted by atomic mass is 19.4. The Morgan fingerprint density at radius 1 is 1.17 bits per heavy atom. The molecule has 1 heterocycles. The first-order valence-corrected chi connectivity index (χ1v) is 7.64. The zero-order valence-electron chi connectivity index (χ0n) is 14.1. The first kappa shape index (κ1) is 18.0. The standard InChI is InChI=1S/C17H20F3N3O/c1-5-24-15-14(17(18,19)20)10-21-16(22-15)23(4)13-8-6-12(7-9-13)11(2)3/h6-11H,5H2,1-4H3. The van der Waals surface area contributed by atoms with E-state index in [4.69, 9.17) is 4.74 Å². The summed E-state index contributed by atoms with van der Waals surface area (Å²) in [4.78, 5) is 9.39. The first-order chi connectivity index (χ1) is 11.2. The number of nitrogens with zero attached hydrogens (tertiary/aromatic N) is 3. The molecule has 0 N–H and O–H groups in total. The lowest BCUT2D eigenvalue weighted by molar-refractivity contribution is -0.139. The van der Waals surface area contributed by atoms with Gasteiger partial charge < -0.3 is 9.64 Å². The highest BCUT2D eigenvalue weighted by molar-refractivity contribution is 5.57. The van der Waals surface area contributed by atoms with E-state index < -0.39 is 17.6 Å². The van der Waals surface area contributed by atoms with E-state index >= 15 is 0 Å². The van der Waals surface area contributed by atoms with Gasteiger partial charge in [-0.1, -0.05) is 26.0 Å². The second-order valence-corrected chi connectivity index (χ2v) is 5.62. The van der Waals surface area contributed by atoms with Crippen molar-refractivity contribution in [2.75, 3.05) is 18.6 Å². The van der Waals surface area contributed by atoms with Crippen LogP contribution in [0.2, 0.25) is 0 Å². The number of ether oxygens (including phenoxy) is 1. The topological polar surface area (TPSA) is 38.2 Å². The van der Waals surface area contributed by atoms with Gasteiger partial charge in [0.2, 0.25) is 11.8 Å². The van der Waals surface area contributed by atoms with Gasteiger partial charge in [0.05, 0.1) is 6.61 Å². The average Bonchev–Trinajstić information content (AvgIpc) is 2.53. The summed E-state index contributed by atoms with van der Waals surface area (Å²) in [5.41, 5.74) is 0.980. The van der Waals surface area contributed by atoms with Crippen LogP contribution >= 0.6 is 0 Å². The van der Waals surface area contributed by atoms with Crippen LogP contribution < -0.4 is 9.64 Å². The summed E-state index contributed by atoms with van der Waals surface area (Å²) >= 11 is 0. The van der Waals surface area contributed by atoms with Gasteiger partial charge in [-0.25, -0.2) is 4.98 Å². The summed E-state index contributed by atoms with van der Waals surface area (Å²) in [6.45, 7) is 5.88. The Bertz CT molecular complexity index is 684. The molecule has 0 fully saturated rings. The fraction of sp³-hybridized carbons (Fsp3) is 0.412. The maximum absolute atomic E-state index is 13.0. The minimum atomic E-state index is -4.56. The van der Waals surface area contributed by atoms with Crippen LogP contribution in [-0.2, 0) is 6.18 Å². The van der Waals surface area contributed by atoms with Crippen molar-refractivity contribution in [3.63, 3.8) is 0 Å². The fourth-order valence-electron chi connectivity index (χ4n) is 2.16. The van der Waals surface area contributed by atoms with Gasteiger partial charge in [-0.15, -0.1) is 0 Å². The molecule has 0 unspecified atom stereocenters. The van der Waals surface area contributed by atoms with E-state index in [1.165, 1.54) is 5.56 Å². The van der Waals surface area contributed by atoms with Crippen LogP contribution in [0.25, 0.3) is 0 Å². The third-order valence-corrected chi connectivity index (χ3v) is 3.57. The van der Waals surface area contributed by atoms with Crippen LogP contribution in [0.1, 0.15) is 37.8 Å². The van der Waals surface area contributed by atoms with Crippen molar-refractivity contribution in [2.45, 2.75) is 32.9 Å². The molecule has 0 spiro atoms. The van der Waals surface area contributed by atoms with E-state index in [0.29, 0.717) is 5.92 Å². The summed E-state index contributed by atoms with van der Waals surface area (Å²) < 4.78 is 44.0. The lowest BCUT2D eigenvalue weighted by atomic mass is 10.0. The van der Waals surface area contributed by atoms with Crippen LogP contribution in [0.4, 0.5) is 24.8 Å². The minimum Gasteiger partial charge on any atom is -0.477 e. The molecule has 0 atom stereocenters. The third kappa shape index (κ3) is 3.96. The summed E-state index contributed by atoms with van der Waals surface area (Å²) in [5.74, 6) is 0.0839. The molecule has 0 saturated heterocycles. The van der Waals surface area contributed by atoms with Crippen LogP contribution in [0, 0.1) is 0 Å². The zero-order chi connectivity index (χ0) is 17.9. The van der Waals surface area contributed by atoms with Crippen molar-refractivity contribution < 1.29 is 17.9 Å². The number of aromatic nitrogens is 2. The van der Waals surface area contributed by atoms with Gasteiger partial charge >= 0.3 is 6.18 Å². The van der Waals surface area contributed by atoms with Crippen molar-refractivity contribution >= 4 is 11.6 Å². The molecule has 0 saturated carbocycles. The molecule has 7 heteroatoms. The molecule has 0 aliphatic heterocycles. The molecule has 0 aliphatic rings. The quantitative estimate of drug-likeness (QED) is 0.785. The second-order valence-electron chi connectivity index (χ2n) is 5.62. The van der Waals surface area contributed by atoms with Crippen molar-refractivity contribution in [2.24, 2.45) is 0 Å². The number of halogens is 3. The Hall–Kier alpha value is -2.31. The van der Waals surface area contributed by atoms with Gasteiger partial charge in [0.15, 0.2) is 0 Å². The maximum atomic E-state index is 13.0. The van der Waals surface area contributed by atoms with E-state index in [-0.39, 0.29) is 12.6 Å². The van der Waals surface area contributed by atoms with Gasteiger partial charge in [-0.2, -0.15) is 18.2 Å². The SMILES string of the molecule is CCOc1nc(N(C)c2ccc(C(C)C)cc2)ncc1C(F)(F)F. The first-order valence-electron chi connectivity index (χ1n) is 7.64. The van der Waals surface area contributed by atoms with Crippen LogP contribution in [0.5, 0.6) is 5.88 Å². The van der Waals surface area contributed by atoms with Crippen molar-refractivity contribution in [1.82, 2.24) is 9.97 Å². The van der Waals surface area contributed by atoms with E-state index in [9.17, 15) is 13.2 Å². The molecule has 0 aliphatic carbocycles. The second kappa shape index (κ2) is 7.07. The number of hydrogen-bond acceptors (Lipinski definition) is 4. The van der Waals surface area contributed by atoms with E-state index in [2.05, 4.69) is 23.8 Å². The summed E-state index contributed by atoms with van der Waals surface area (Å²) in [6.07, 6.45) is -3.80. The zero-order valence-corrected chi connectivity index (χ0v) is 14.1. The number of alkyl halides is 3. The van der Waals surface area contributed by atoms with E-state index in [1.807, 2.05) is 24.3 Å². The Kier molecular flexibility index (Phi) is 5.31. The molecule has 1 aromatic carbocycles. The number of rotatable bonds is 5. The van der Waals surface area contributed by atoms with Crippen LogP contribution in [-0.4, -0.2) is 23.6 Å². The lowest BCUT2D eigenvalue weighted by Gasteiger charge is -2.20.